The Morgan fingerprint density at radius 2 is 1.54 bits per heavy atom. The minimum Gasteiger partial charge on any atom is -0.457 e. The fourth-order valence-electron chi connectivity index (χ4n) is 3.07. The predicted molar refractivity (Wildman–Crippen MR) is 104 cm³/mol. The molecule has 0 spiro atoms. The molecule has 0 heterocycles. The Labute approximate surface area is 162 Å². The van der Waals surface area contributed by atoms with Crippen molar-refractivity contribution in [1.29, 1.82) is 0 Å². The molecule has 0 fully saturated rings. The number of rotatable bonds is 6. The second kappa shape index (κ2) is 8.96. The van der Waals surface area contributed by atoms with E-state index in [1.54, 1.807) is 45.0 Å². The van der Waals surface area contributed by atoms with Crippen LogP contribution >= 0.6 is 0 Å². The van der Waals surface area contributed by atoms with E-state index >= 15 is 0 Å². The SMILES string of the molecule is C/C(=C(/C(=O)ON)C(=O)OCc1ccccc1)c1c(C)cc(C(N)=O)cc1C. The van der Waals surface area contributed by atoms with Crippen molar-refractivity contribution in [3.63, 3.8) is 0 Å². The molecule has 28 heavy (non-hydrogen) atoms. The van der Waals surface area contributed by atoms with E-state index in [1.165, 1.54) is 0 Å². The third kappa shape index (κ3) is 4.63. The van der Waals surface area contributed by atoms with Crippen molar-refractivity contribution < 1.29 is 24.0 Å². The summed E-state index contributed by atoms with van der Waals surface area (Å²) in [7, 11) is 0. The fourth-order valence-corrected chi connectivity index (χ4v) is 3.07. The number of hydrogen-bond donors (Lipinski definition) is 2. The Morgan fingerprint density at radius 1 is 0.964 bits per heavy atom. The van der Waals surface area contributed by atoms with Crippen LogP contribution < -0.4 is 11.6 Å². The predicted octanol–water partition coefficient (Wildman–Crippen LogP) is 2.34. The molecule has 1 amide bonds. The van der Waals surface area contributed by atoms with Crippen LogP contribution in [0.4, 0.5) is 0 Å². The van der Waals surface area contributed by atoms with Gasteiger partial charge in [-0.05, 0) is 60.7 Å². The summed E-state index contributed by atoms with van der Waals surface area (Å²) in [6.45, 7) is 5.08. The molecule has 2 aromatic carbocycles. The first-order valence-corrected chi connectivity index (χ1v) is 8.50. The number of allylic oxidation sites excluding steroid dienone is 1. The van der Waals surface area contributed by atoms with Crippen LogP contribution in [0.25, 0.3) is 5.57 Å². The van der Waals surface area contributed by atoms with E-state index in [1.807, 2.05) is 18.2 Å². The van der Waals surface area contributed by atoms with Gasteiger partial charge in [0.05, 0.1) is 0 Å². The summed E-state index contributed by atoms with van der Waals surface area (Å²) in [6, 6.07) is 12.2. The lowest BCUT2D eigenvalue weighted by atomic mass is 9.91. The van der Waals surface area contributed by atoms with Gasteiger partial charge in [0.15, 0.2) is 0 Å². The number of hydrogen-bond acceptors (Lipinski definition) is 6. The summed E-state index contributed by atoms with van der Waals surface area (Å²) in [4.78, 5) is 40.6. The maximum atomic E-state index is 12.6. The van der Waals surface area contributed by atoms with Crippen molar-refractivity contribution in [2.24, 2.45) is 11.6 Å². The van der Waals surface area contributed by atoms with Gasteiger partial charge in [0.2, 0.25) is 5.91 Å². The summed E-state index contributed by atoms with van der Waals surface area (Å²) < 4.78 is 5.27. The molecule has 7 heteroatoms. The number of ether oxygens (including phenoxy) is 1. The molecule has 4 N–H and O–H groups in total. The molecule has 146 valence electrons. The third-order valence-electron chi connectivity index (χ3n) is 4.30. The van der Waals surface area contributed by atoms with Crippen LogP contribution in [0.3, 0.4) is 0 Å². The molecule has 0 aliphatic heterocycles. The smallest absolute Gasteiger partial charge is 0.364 e. The summed E-state index contributed by atoms with van der Waals surface area (Å²) >= 11 is 0. The number of amides is 1. The van der Waals surface area contributed by atoms with E-state index in [9.17, 15) is 14.4 Å². The fraction of sp³-hybridized carbons (Fsp3) is 0.190. The highest BCUT2D eigenvalue weighted by Crippen LogP contribution is 2.28. The van der Waals surface area contributed by atoms with E-state index in [2.05, 4.69) is 4.84 Å². The van der Waals surface area contributed by atoms with Crippen LogP contribution in [0.1, 0.15) is 39.5 Å². The molecule has 0 radical (unpaired) electrons. The van der Waals surface area contributed by atoms with Gasteiger partial charge in [-0.2, -0.15) is 5.90 Å². The van der Waals surface area contributed by atoms with E-state index in [0.717, 1.165) is 5.56 Å². The van der Waals surface area contributed by atoms with Gasteiger partial charge in [0.1, 0.15) is 12.2 Å². The molecule has 0 unspecified atom stereocenters. The monoisotopic (exact) mass is 382 g/mol. The van der Waals surface area contributed by atoms with Crippen LogP contribution in [0, 0.1) is 13.8 Å². The Hall–Kier alpha value is -3.45. The number of primary amides is 1. The van der Waals surface area contributed by atoms with Crippen molar-refractivity contribution in [2.75, 3.05) is 0 Å². The zero-order valence-electron chi connectivity index (χ0n) is 15.9. The molecule has 0 aliphatic rings. The molecule has 0 saturated carbocycles. The quantitative estimate of drug-likeness (QED) is 0.260. The lowest BCUT2D eigenvalue weighted by Gasteiger charge is -2.15. The average Bonchev–Trinajstić information content (AvgIpc) is 2.66. The zero-order valence-corrected chi connectivity index (χ0v) is 15.9. The highest BCUT2D eigenvalue weighted by Gasteiger charge is 2.26. The van der Waals surface area contributed by atoms with Crippen LogP contribution in [0.2, 0.25) is 0 Å². The second-order valence-corrected chi connectivity index (χ2v) is 6.32. The second-order valence-electron chi connectivity index (χ2n) is 6.32. The number of benzene rings is 2. The average molecular weight is 382 g/mol. The van der Waals surface area contributed by atoms with Gasteiger partial charge in [0, 0.05) is 5.56 Å². The molecule has 0 aliphatic carbocycles. The lowest BCUT2D eigenvalue weighted by molar-refractivity contribution is -0.148. The van der Waals surface area contributed by atoms with Gasteiger partial charge >= 0.3 is 11.9 Å². The molecule has 0 bridgehead atoms. The Morgan fingerprint density at radius 3 is 2.04 bits per heavy atom. The first kappa shape index (κ1) is 20.9. The number of aryl methyl sites for hydroxylation is 2. The molecule has 0 atom stereocenters. The van der Waals surface area contributed by atoms with Gasteiger partial charge in [0.25, 0.3) is 0 Å². The standard InChI is InChI=1S/C21H22N2O5/c1-12-9-16(19(22)24)10-13(2)17(12)14(3)18(21(26)28-23)20(25)27-11-15-7-5-4-6-8-15/h4-10H,11,23H2,1-3H3,(H2,22,24)/b18-14-. The maximum Gasteiger partial charge on any atom is 0.364 e. The number of carbonyl (C=O) groups is 3. The highest BCUT2D eigenvalue weighted by atomic mass is 16.7. The van der Waals surface area contributed by atoms with E-state index < -0.39 is 17.8 Å². The minimum absolute atomic E-state index is 0.00706. The van der Waals surface area contributed by atoms with Crippen molar-refractivity contribution in [1.82, 2.24) is 0 Å². The van der Waals surface area contributed by atoms with Crippen molar-refractivity contribution in [3.8, 4) is 0 Å². The van der Waals surface area contributed by atoms with Gasteiger partial charge in [-0.25, -0.2) is 9.59 Å². The van der Waals surface area contributed by atoms with E-state index in [-0.39, 0.29) is 12.2 Å². The van der Waals surface area contributed by atoms with Crippen LogP contribution in [-0.2, 0) is 25.8 Å². The number of esters is 1. The summed E-state index contributed by atoms with van der Waals surface area (Å²) in [5.41, 5.74) is 8.42. The largest absolute Gasteiger partial charge is 0.457 e. The third-order valence-corrected chi connectivity index (χ3v) is 4.30. The van der Waals surface area contributed by atoms with E-state index in [4.69, 9.17) is 16.4 Å². The van der Waals surface area contributed by atoms with Crippen LogP contribution in [0.15, 0.2) is 48.0 Å². The molecular formula is C21H22N2O5. The van der Waals surface area contributed by atoms with Gasteiger partial charge in [-0.15, -0.1) is 0 Å². The molecule has 7 nitrogen and oxygen atoms in total. The molecular weight excluding hydrogens is 360 g/mol. The van der Waals surface area contributed by atoms with Gasteiger partial charge in [-0.3, -0.25) is 4.79 Å². The number of carbonyl (C=O) groups excluding carboxylic acids is 3. The van der Waals surface area contributed by atoms with Gasteiger partial charge in [-0.1, -0.05) is 30.3 Å². The Bertz CT molecular complexity index is 926. The Balaban J connectivity index is 2.45. The molecule has 2 rings (SSSR count). The normalized spacial score (nSPS) is 11.4. The van der Waals surface area contributed by atoms with Crippen molar-refractivity contribution >= 4 is 23.4 Å². The molecule has 2 aromatic rings. The Kier molecular flexibility index (Phi) is 6.68. The summed E-state index contributed by atoms with van der Waals surface area (Å²) in [6.07, 6.45) is 0. The zero-order chi connectivity index (χ0) is 20.8. The molecule has 0 aromatic heterocycles. The molecule has 0 saturated heterocycles. The summed E-state index contributed by atoms with van der Waals surface area (Å²) in [5, 5.41) is 0. The van der Waals surface area contributed by atoms with Crippen molar-refractivity contribution in [2.45, 2.75) is 27.4 Å². The topological polar surface area (TPSA) is 122 Å². The number of nitrogens with two attached hydrogens (primary N) is 2. The van der Waals surface area contributed by atoms with Crippen LogP contribution in [0.5, 0.6) is 0 Å². The first-order valence-electron chi connectivity index (χ1n) is 8.50. The first-order chi connectivity index (χ1) is 13.3. The van der Waals surface area contributed by atoms with Crippen LogP contribution in [-0.4, -0.2) is 17.8 Å². The minimum atomic E-state index is -1.01. The van der Waals surface area contributed by atoms with E-state index in [0.29, 0.717) is 27.8 Å². The maximum absolute atomic E-state index is 12.6. The highest BCUT2D eigenvalue weighted by molar-refractivity contribution is 6.20. The van der Waals surface area contributed by atoms with Gasteiger partial charge < -0.3 is 15.3 Å². The van der Waals surface area contributed by atoms with Crippen molar-refractivity contribution in [3.05, 3.63) is 75.9 Å². The summed E-state index contributed by atoms with van der Waals surface area (Å²) in [5.74, 6) is 2.60. The lowest BCUT2D eigenvalue weighted by Crippen LogP contribution is -2.22.